The first-order valence-corrected chi connectivity index (χ1v) is 8.26. The third kappa shape index (κ3) is 2.30. The standard InChI is InChI=1S/C14H18O6S/c1-3-21(18,19)12-11(14(12,8-15)13(16)17)9-4-6-10(20-2)7-5-9/h4-7,11-12,15H,3,8H2,1-2H3,(H,16,17)/t11-,12+,14-/m0/s1. The molecule has 0 aliphatic heterocycles. The molecular weight excluding hydrogens is 296 g/mol. The number of ether oxygens (including phenoxy) is 1. The van der Waals surface area contributed by atoms with Gasteiger partial charge in [-0.3, -0.25) is 4.79 Å². The average Bonchev–Trinajstić information content (AvgIpc) is 3.19. The quantitative estimate of drug-likeness (QED) is 0.800. The van der Waals surface area contributed by atoms with Gasteiger partial charge in [0, 0.05) is 11.7 Å². The molecule has 0 amide bonds. The molecule has 1 aliphatic rings. The van der Waals surface area contributed by atoms with Crippen LogP contribution in [0.4, 0.5) is 0 Å². The van der Waals surface area contributed by atoms with Crippen LogP contribution in [0.1, 0.15) is 18.4 Å². The van der Waals surface area contributed by atoms with E-state index in [1.165, 1.54) is 14.0 Å². The molecule has 1 fully saturated rings. The number of methoxy groups -OCH3 is 1. The smallest absolute Gasteiger partial charge is 0.314 e. The fraction of sp³-hybridized carbons (Fsp3) is 0.500. The largest absolute Gasteiger partial charge is 0.497 e. The molecule has 6 nitrogen and oxygen atoms in total. The van der Waals surface area contributed by atoms with Gasteiger partial charge in [0.05, 0.1) is 19.0 Å². The van der Waals surface area contributed by atoms with Crippen molar-refractivity contribution in [3.63, 3.8) is 0 Å². The minimum atomic E-state index is -3.57. The molecule has 0 radical (unpaired) electrons. The molecule has 1 aromatic rings. The van der Waals surface area contributed by atoms with Gasteiger partial charge in [0.2, 0.25) is 0 Å². The zero-order valence-electron chi connectivity index (χ0n) is 11.8. The fourth-order valence-corrected chi connectivity index (χ4v) is 4.96. The van der Waals surface area contributed by atoms with Crippen molar-refractivity contribution in [3.8, 4) is 5.75 Å². The third-order valence-corrected chi connectivity index (χ3v) is 6.45. The minimum absolute atomic E-state index is 0.153. The summed E-state index contributed by atoms with van der Waals surface area (Å²) in [6.07, 6.45) is 0. The number of rotatable bonds is 6. The van der Waals surface area contributed by atoms with E-state index in [1.54, 1.807) is 24.3 Å². The second-order valence-electron chi connectivity index (χ2n) is 5.13. The highest BCUT2D eigenvalue weighted by Gasteiger charge is 2.75. The molecule has 0 bridgehead atoms. The summed E-state index contributed by atoms with van der Waals surface area (Å²) in [4.78, 5) is 11.5. The molecule has 1 aliphatic carbocycles. The summed E-state index contributed by atoms with van der Waals surface area (Å²) in [7, 11) is -2.07. The van der Waals surface area contributed by atoms with Gasteiger partial charge in [-0.15, -0.1) is 0 Å². The molecule has 0 aromatic heterocycles. The van der Waals surface area contributed by atoms with Gasteiger partial charge in [0.25, 0.3) is 0 Å². The predicted molar refractivity (Wildman–Crippen MR) is 76.1 cm³/mol. The van der Waals surface area contributed by atoms with Crippen LogP contribution in [0.3, 0.4) is 0 Å². The normalized spacial score (nSPS) is 28.1. The van der Waals surface area contributed by atoms with Gasteiger partial charge in [0.1, 0.15) is 11.2 Å². The average molecular weight is 314 g/mol. The van der Waals surface area contributed by atoms with Crippen LogP contribution < -0.4 is 4.74 Å². The van der Waals surface area contributed by atoms with E-state index in [9.17, 15) is 23.4 Å². The summed E-state index contributed by atoms with van der Waals surface area (Å²) >= 11 is 0. The molecule has 7 heteroatoms. The molecule has 2 rings (SSSR count). The van der Waals surface area contributed by atoms with E-state index in [0.29, 0.717) is 11.3 Å². The maximum atomic E-state index is 12.1. The van der Waals surface area contributed by atoms with Crippen LogP contribution in [-0.2, 0) is 14.6 Å². The van der Waals surface area contributed by atoms with Crippen molar-refractivity contribution in [2.24, 2.45) is 5.41 Å². The Morgan fingerprint density at radius 1 is 1.33 bits per heavy atom. The van der Waals surface area contributed by atoms with Gasteiger partial charge in [-0.1, -0.05) is 19.1 Å². The molecule has 1 saturated carbocycles. The van der Waals surface area contributed by atoms with E-state index in [1.807, 2.05) is 0 Å². The Bertz CT molecular complexity index is 636. The molecule has 0 spiro atoms. The Morgan fingerprint density at radius 2 is 1.90 bits per heavy atom. The highest BCUT2D eigenvalue weighted by atomic mass is 32.2. The fourth-order valence-electron chi connectivity index (χ4n) is 2.91. The molecule has 0 heterocycles. The number of aliphatic carboxylic acids is 1. The van der Waals surface area contributed by atoms with Crippen molar-refractivity contribution in [2.75, 3.05) is 19.5 Å². The van der Waals surface area contributed by atoms with Crippen LogP contribution in [0.5, 0.6) is 5.75 Å². The van der Waals surface area contributed by atoms with E-state index < -0.39 is 39.0 Å². The van der Waals surface area contributed by atoms with Crippen molar-refractivity contribution in [1.82, 2.24) is 0 Å². The number of benzene rings is 1. The summed E-state index contributed by atoms with van der Waals surface area (Å²) in [5.74, 6) is -1.58. The lowest BCUT2D eigenvalue weighted by Crippen LogP contribution is -2.28. The number of carboxylic acids is 1. The van der Waals surface area contributed by atoms with Crippen LogP contribution in [0.2, 0.25) is 0 Å². The Labute approximate surface area is 123 Å². The number of sulfone groups is 1. The maximum Gasteiger partial charge on any atom is 0.314 e. The summed E-state index contributed by atoms with van der Waals surface area (Å²) in [6, 6.07) is 6.57. The van der Waals surface area contributed by atoms with E-state index >= 15 is 0 Å². The highest BCUT2D eigenvalue weighted by molar-refractivity contribution is 7.92. The zero-order valence-corrected chi connectivity index (χ0v) is 12.6. The van der Waals surface area contributed by atoms with Crippen LogP contribution >= 0.6 is 0 Å². The monoisotopic (exact) mass is 314 g/mol. The molecule has 3 atom stereocenters. The molecule has 2 N–H and O–H groups in total. The molecule has 0 saturated heterocycles. The first kappa shape index (κ1) is 15.8. The van der Waals surface area contributed by atoms with Gasteiger partial charge in [-0.2, -0.15) is 0 Å². The summed E-state index contributed by atoms with van der Waals surface area (Å²) < 4.78 is 29.3. The van der Waals surface area contributed by atoms with Crippen molar-refractivity contribution in [3.05, 3.63) is 29.8 Å². The summed E-state index contributed by atoms with van der Waals surface area (Å²) in [5, 5.41) is 17.8. The van der Waals surface area contributed by atoms with Gasteiger partial charge in [-0.05, 0) is 17.7 Å². The summed E-state index contributed by atoms with van der Waals surface area (Å²) in [5.41, 5.74) is -1.07. The van der Waals surface area contributed by atoms with E-state index in [0.717, 1.165) is 0 Å². The lowest BCUT2D eigenvalue weighted by Gasteiger charge is -2.09. The van der Waals surface area contributed by atoms with Gasteiger partial charge >= 0.3 is 5.97 Å². The number of hydrogen-bond acceptors (Lipinski definition) is 5. The van der Waals surface area contributed by atoms with Crippen molar-refractivity contribution in [1.29, 1.82) is 0 Å². The van der Waals surface area contributed by atoms with E-state index in [4.69, 9.17) is 4.74 Å². The zero-order chi connectivity index (χ0) is 15.8. The second kappa shape index (κ2) is 5.31. The van der Waals surface area contributed by atoms with E-state index in [-0.39, 0.29) is 5.75 Å². The van der Waals surface area contributed by atoms with Crippen molar-refractivity contribution in [2.45, 2.75) is 18.1 Å². The number of aliphatic hydroxyl groups is 1. The van der Waals surface area contributed by atoms with Crippen molar-refractivity contribution >= 4 is 15.8 Å². The van der Waals surface area contributed by atoms with Crippen LogP contribution in [-0.4, -0.2) is 49.3 Å². The first-order valence-electron chi connectivity index (χ1n) is 6.55. The molecule has 21 heavy (non-hydrogen) atoms. The number of carboxylic acid groups (broad SMARTS) is 1. The lowest BCUT2D eigenvalue weighted by molar-refractivity contribution is -0.145. The van der Waals surface area contributed by atoms with Gasteiger partial charge in [0.15, 0.2) is 9.84 Å². The Hall–Kier alpha value is -1.60. The lowest BCUT2D eigenvalue weighted by atomic mass is 10.00. The topological polar surface area (TPSA) is 101 Å². The van der Waals surface area contributed by atoms with Gasteiger partial charge in [-0.25, -0.2) is 8.42 Å². The van der Waals surface area contributed by atoms with Crippen LogP contribution in [0.15, 0.2) is 24.3 Å². The van der Waals surface area contributed by atoms with Gasteiger partial charge < -0.3 is 14.9 Å². The molecule has 116 valence electrons. The Kier molecular flexibility index (Phi) is 3.99. The minimum Gasteiger partial charge on any atom is -0.497 e. The van der Waals surface area contributed by atoms with Crippen LogP contribution in [0, 0.1) is 5.41 Å². The maximum absolute atomic E-state index is 12.1. The highest BCUT2D eigenvalue weighted by Crippen LogP contribution is 2.63. The Balaban J connectivity index is 2.47. The van der Waals surface area contributed by atoms with Crippen molar-refractivity contribution < 1.29 is 28.2 Å². The number of hydrogen-bond donors (Lipinski definition) is 2. The number of carbonyl (C=O) groups is 1. The molecule has 1 aromatic carbocycles. The second-order valence-corrected chi connectivity index (χ2v) is 7.54. The van der Waals surface area contributed by atoms with Crippen LogP contribution in [0.25, 0.3) is 0 Å². The first-order chi connectivity index (χ1) is 9.85. The Morgan fingerprint density at radius 3 is 2.29 bits per heavy atom. The molecular formula is C14H18O6S. The van der Waals surface area contributed by atoms with E-state index in [2.05, 4.69) is 0 Å². The predicted octanol–water partition coefficient (Wildman–Crippen LogP) is 0.659. The third-order valence-electron chi connectivity index (χ3n) is 4.18. The molecule has 0 unspecified atom stereocenters. The SMILES string of the molecule is CCS(=O)(=O)[C@@H]1[C@H](c2ccc(OC)cc2)[C@]1(CO)C(=O)O. The number of aliphatic hydroxyl groups excluding tert-OH is 1. The summed E-state index contributed by atoms with van der Waals surface area (Å²) in [6.45, 7) is 0.769.